The molecule has 2 atom stereocenters. The third kappa shape index (κ3) is 8.59. The molecule has 0 bridgehead atoms. The number of nitrogens with zero attached hydrogens (tertiary/aromatic N) is 3. The number of halogens is 1. The second-order valence-electron chi connectivity index (χ2n) is 6.45. The molecule has 2 unspecified atom stereocenters. The molecule has 2 rings (SSSR count). The number of hydrogen-bond donors (Lipinski definition) is 1. The SMILES string of the molecule is CN=C(NCCCOCC1CCCO1)N(C)Cc1csc(C(C)OC)n1.I. The van der Waals surface area contributed by atoms with Crippen molar-refractivity contribution in [1.82, 2.24) is 15.2 Å². The summed E-state index contributed by atoms with van der Waals surface area (Å²) < 4.78 is 16.6. The van der Waals surface area contributed by atoms with Crippen LogP contribution in [0.5, 0.6) is 0 Å². The van der Waals surface area contributed by atoms with Crippen LogP contribution in [0.3, 0.4) is 0 Å². The molecule has 1 aliphatic rings. The van der Waals surface area contributed by atoms with Gasteiger partial charge in [0.2, 0.25) is 0 Å². The Kier molecular flexibility index (Phi) is 12.4. The number of methoxy groups -OCH3 is 1. The van der Waals surface area contributed by atoms with Crippen molar-refractivity contribution in [3.8, 4) is 0 Å². The fourth-order valence-corrected chi connectivity index (χ4v) is 3.59. The predicted molar refractivity (Wildman–Crippen MR) is 120 cm³/mol. The van der Waals surface area contributed by atoms with Crippen molar-refractivity contribution in [1.29, 1.82) is 0 Å². The molecule has 1 aliphatic heterocycles. The number of ether oxygens (including phenoxy) is 3. The molecule has 0 saturated carbocycles. The molecule has 0 amide bonds. The summed E-state index contributed by atoms with van der Waals surface area (Å²) in [5.74, 6) is 0.860. The fraction of sp³-hybridized carbons (Fsp3) is 0.778. The van der Waals surface area contributed by atoms with Crippen LogP contribution in [0.1, 0.15) is 43.0 Å². The van der Waals surface area contributed by atoms with Crippen LogP contribution in [0.15, 0.2) is 10.4 Å². The number of rotatable bonds is 10. The van der Waals surface area contributed by atoms with Crippen LogP contribution < -0.4 is 5.32 Å². The summed E-state index contributed by atoms with van der Waals surface area (Å²) in [4.78, 5) is 11.1. The summed E-state index contributed by atoms with van der Waals surface area (Å²) in [6, 6.07) is 0. The van der Waals surface area contributed by atoms with Gasteiger partial charge in [-0.05, 0) is 26.2 Å². The number of guanidine groups is 1. The molecule has 1 fully saturated rings. The van der Waals surface area contributed by atoms with Gasteiger partial charge in [-0.3, -0.25) is 4.99 Å². The molecule has 1 aromatic rings. The van der Waals surface area contributed by atoms with Crippen molar-refractivity contribution >= 4 is 41.3 Å². The Labute approximate surface area is 183 Å². The van der Waals surface area contributed by atoms with E-state index in [2.05, 4.69) is 25.6 Å². The van der Waals surface area contributed by atoms with E-state index in [1.807, 2.05) is 14.0 Å². The zero-order valence-electron chi connectivity index (χ0n) is 16.8. The van der Waals surface area contributed by atoms with Gasteiger partial charge < -0.3 is 24.4 Å². The van der Waals surface area contributed by atoms with Crippen LogP contribution in [0.4, 0.5) is 0 Å². The highest BCUT2D eigenvalue weighted by atomic mass is 127. The van der Waals surface area contributed by atoms with E-state index >= 15 is 0 Å². The largest absolute Gasteiger partial charge is 0.379 e. The minimum atomic E-state index is 0. The van der Waals surface area contributed by atoms with Gasteiger partial charge in [-0.2, -0.15) is 0 Å². The Morgan fingerprint density at radius 2 is 2.37 bits per heavy atom. The van der Waals surface area contributed by atoms with E-state index in [1.165, 1.54) is 0 Å². The molecule has 1 saturated heterocycles. The van der Waals surface area contributed by atoms with Crippen LogP contribution in [0.2, 0.25) is 0 Å². The highest BCUT2D eigenvalue weighted by Crippen LogP contribution is 2.20. The number of thiazole rings is 1. The van der Waals surface area contributed by atoms with E-state index in [-0.39, 0.29) is 30.1 Å². The smallest absolute Gasteiger partial charge is 0.193 e. The maximum Gasteiger partial charge on any atom is 0.193 e. The third-order valence-corrected chi connectivity index (χ3v) is 5.37. The van der Waals surface area contributed by atoms with Crippen molar-refractivity contribution < 1.29 is 14.2 Å². The monoisotopic (exact) mass is 512 g/mol. The van der Waals surface area contributed by atoms with Gasteiger partial charge in [-0.15, -0.1) is 35.3 Å². The van der Waals surface area contributed by atoms with E-state index in [1.54, 1.807) is 25.5 Å². The molecule has 9 heteroatoms. The number of hydrogen-bond acceptors (Lipinski definition) is 6. The first kappa shape index (κ1) is 24.5. The first-order valence-corrected chi connectivity index (χ1v) is 10.1. The van der Waals surface area contributed by atoms with Crippen molar-refractivity contribution in [3.05, 3.63) is 16.1 Å². The number of aliphatic imine (C=N–C) groups is 1. The minimum absolute atomic E-state index is 0. The second-order valence-corrected chi connectivity index (χ2v) is 7.34. The first-order chi connectivity index (χ1) is 12.6. The summed E-state index contributed by atoms with van der Waals surface area (Å²) in [5, 5.41) is 6.45. The Morgan fingerprint density at radius 1 is 1.56 bits per heavy atom. The maximum atomic E-state index is 5.69. The Morgan fingerprint density at radius 3 is 3.04 bits per heavy atom. The minimum Gasteiger partial charge on any atom is -0.379 e. The van der Waals surface area contributed by atoms with Gasteiger partial charge in [-0.25, -0.2) is 4.98 Å². The lowest BCUT2D eigenvalue weighted by molar-refractivity contribution is 0.0168. The quantitative estimate of drug-likeness (QED) is 0.225. The highest BCUT2D eigenvalue weighted by molar-refractivity contribution is 14.0. The third-order valence-electron chi connectivity index (χ3n) is 4.32. The van der Waals surface area contributed by atoms with Crippen molar-refractivity contribution in [2.24, 2.45) is 4.99 Å². The topological polar surface area (TPSA) is 68.2 Å². The van der Waals surface area contributed by atoms with Gasteiger partial charge >= 0.3 is 0 Å². The average molecular weight is 512 g/mol. The van der Waals surface area contributed by atoms with Crippen molar-refractivity contribution in [2.45, 2.75) is 44.9 Å². The summed E-state index contributed by atoms with van der Waals surface area (Å²) in [6.45, 7) is 5.86. The van der Waals surface area contributed by atoms with Crippen LogP contribution in [0.25, 0.3) is 0 Å². The molecule has 1 aromatic heterocycles. The van der Waals surface area contributed by atoms with E-state index < -0.39 is 0 Å². The van der Waals surface area contributed by atoms with E-state index in [0.29, 0.717) is 19.3 Å². The molecule has 27 heavy (non-hydrogen) atoms. The summed E-state index contributed by atoms with van der Waals surface area (Å²) in [5.41, 5.74) is 1.03. The molecule has 156 valence electrons. The predicted octanol–water partition coefficient (Wildman–Crippen LogP) is 3.06. The number of nitrogens with one attached hydrogen (secondary N) is 1. The maximum absolute atomic E-state index is 5.69. The van der Waals surface area contributed by atoms with Gasteiger partial charge in [0.05, 0.1) is 24.9 Å². The zero-order valence-corrected chi connectivity index (χ0v) is 19.9. The van der Waals surface area contributed by atoms with Crippen LogP contribution in [0, 0.1) is 0 Å². The summed E-state index contributed by atoms with van der Waals surface area (Å²) >= 11 is 1.63. The standard InChI is InChI=1S/C18H32N4O3S.HI/c1-14(23-4)17-21-15(13-26-17)11-22(3)18(19-2)20-8-6-9-24-12-16-7-5-10-25-16;/h13-14,16H,5-12H2,1-4H3,(H,19,20);1H. The van der Waals surface area contributed by atoms with Crippen LogP contribution >= 0.6 is 35.3 Å². The van der Waals surface area contributed by atoms with Crippen molar-refractivity contribution in [3.63, 3.8) is 0 Å². The van der Waals surface area contributed by atoms with Crippen LogP contribution in [-0.2, 0) is 20.8 Å². The average Bonchev–Trinajstić information content (AvgIpc) is 3.32. The number of aromatic nitrogens is 1. The second kappa shape index (κ2) is 13.6. The lowest BCUT2D eigenvalue weighted by Gasteiger charge is -2.21. The van der Waals surface area contributed by atoms with E-state index in [4.69, 9.17) is 14.2 Å². The van der Waals surface area contributed by atoms with Gasteiger partial charge in [0.25, 0.3) is 0 Å². The first-order valence-electron chi connectivity index (χ1n) is 9.22. The summed E-state index contributed by atoms with van der Waals surface area (Å²) in [6.07, 6.45) is 3.54. The van der Waals surface area contributed by atoms with Crippen LogP contribution in [-0.4, -0.2) is 69.5 Å². The molecule has 0 aromatic carbocycles. The van der Waals surface area contributed by atoms with E-state index in [0.717, 1.165) is 55.7 Å². The van der Waals surface area contributed by atoms with Gasteiger partial charge in [0, 0.05) is 46.3 Å². The lowest BCUT2D eigenvalue weighted by atomic mass is 10.2. The zero-order chi connectivity index (χ0) is 18.8. The molecular weight excluding hydrogens is 479 g/mol. The molecule has 0 radical (unpaired) electrons. The normalized spacial score (nSPS) is 18.2. The Balaban J connectivity index is 0.00000364. The van der Waals surface area contributed by atoms with E-state index in [9.17, 15) is 0 Å². The van der Waals surface area contributed by atoms with Gasteiger partial charge in [0.15, 0.2) is 5.96 Å². The lowest BCUT2D eigenvalue weighted by Crippen LogP contribution is -2.39. The molecule has 0 aliphatic carbocycles. The van der Waals surface area contributed by atoms with Crippen molar-refractivity contribution in [2.75, 3.05) is 47.6 Å². The molecule has 2 heterocycles. The Bertz CT molecular complexity index is 552. The fourth-order valence-electron chi connectivity index (χ4n) is 2.75. The molecular formula is C18H33IN4O3S. The van der Waals surface area contributed by atoms with Gasteiger partial charge in [0.1, 0.15) is 11.1 Å². The van der Waals surface area contributed by atoms with Gasteiger partial charge in [-0.1, -0.05) is 0 Å². The molecule has 7 nitrogen and oxygen atoms in total. The summed E-state index contributed by atoms with van der Waals surface area (Å²) in [7, 11) is 5.52. The molecule has 1 N–H and O–H groups in total. The highest BCUT2D eigenvalue weighted by Gasteiger charge is 2.15. The molecule has 0 spiro atoms. The Hall–Kier alpha value is -0.490.